The van der Waals surface area contributed by atoms with Crippen LogP contribution < -0.4 is 5.32 Å². The molecule has 2 heterocycles. The Morgan fingerprint density at radius 2 is 2.15 bits per heavy atom. The first-order chi connectivity index (χ1) is 9.58. The van der Waals surface area contributed by atoms with E-state index in [9.17, 15) is 4.79 Å². The topological polar surface area (TPSA) is 32.3 Å². The molecule has 112 valence electrons. The lowest BCUT2D eigenvalue weighted by Crippen LogP contribution is -2.39. The van der Waals surface area contributed by atoms with E-state index in [1.54, 1.807) is 11.3 Å². The largest absolute Gasteiger partial charge is 0.319 e. The predicted octanol–water partition coefficient (Wildman–Crippen LogP) is 3.78. The van der Waals surface area contributed by atoms with Gasteiger partial charge in [0.25, 0.3) is 0 Å². The minimum absolute atomic E-state index is 0.0284. The normalized spacial score (nSPS) is 26.0. The van der Waals surface area contributed by atoms with Crippen molar-refractivity contribution in [3.63, 3.8) is 0 Å². The highest BCUT2D eigenvalue weighted by Crippen LogP contribution is 2.31. The molecule has 1 aliphatic heterocycles. The Morgan fingerprint density at radius 1 is 1.40 bits per heavy atom. The number of carbonyl (C=O) groups excluding carboxylic acids is 1. The molecule has 0 aromatic carbocycles. The third-order valence-electron chi connectivity index (χ3n) is 4.37. The van der Waals surface area contributed by atoms with E-state index in [1.807, 2.05) is 0 Å². The summed E-state index contributed by atoms with van der Waals surface area (Å²) in [6, 6.07) is 2.38. The van der Waals surface area contributed by atoms with Crippen LogP contribution in [0.3, 0.4) is 0 Å². The van der Waals surface area contributed by atoms with E-state index in [0.29, 0.717) is 5.92 Å². The second-order valence-electron chi connectivity index (χ2n) is 5.93. The number of thiophene rings is 1. The van der Waals surface area contributed by atoms with Gasteiger partial charge in [-0.2, -0.15) is 11.3 Å². The molecule has 1 amide bonds. The van der Waals surface area contributed by atoms with Crippen LogP contribution in [0.1, 0.15) is 58.7 Å². The molecule has 4 unspecified atom stereocenters. The Hall–Kier alpha value is -0.870. The molecule has 1 aromatic rings. The van der Waals surface area contributed by atoms with Crippen LogP contribution in [0.2, 0.25) is 0 Å². The summed E-state index contributed by atoms with van der Waals surface area (Å²) in [4.78, 5) is 14.7. The lowest BCUT2D eigenvalue weighted by Gasteiger charge is -2.31. The molecule has 0 radical (unpaired) electrons. The summed E-state index contributed by atoms with van der Waals surface area (Å²) in [5.74, 6) is 0.918. The van der Waals surface area contributed by atoms with Crippen LogP contribution in [0.4, 0.5) is 0 Å². The first-order valence-corrected chi connectivity index (χ1v) is 8.63. The van der Waals surface area contributed by atoms with Gasteiger partial charge in [0.05, 0.1) is 6.04 Å². The van der Waals surface area contributed by atoms with Crippen molar-refractivity contribution in [2.45, 2.75) is 65.2 Å². The van der Waals surface area contributed by atoms with Crippen LogP contribution >= 0.6 is 11.3 Å². The Kier molecular flexibility index (Phi) is 5.22. The maximum absolute atomic E-state index is 12.6. The van der Waals surface area contributed by atoms with Gasteiger partial charge in [-0.3, -0.25) is 10.1 Å². The van der Waals surface area contributed by atoms with Crippen molar-refractivity contribution in [1.29, 1.82) is 0 Å². The van der Waals surface area contributed by atoms with Gasteiger partial charge in [-0.25, -0.2) is 0 Å². The smallest absolute Gasteiger partial charge is 0.241 e. The number of hydrogen-bond donors (Lipinski definition) is 1. The highest BCUT2D eigenvalue weighted by molar-refractivity contribution is 7.07. The second kappa shape index (κ2) is 6.72. The zero-order valence-electron chi connectivity index (χ0n) is 12.9. The van der Waals surface area contributed by atoms with Gasteiger partial charge in [0.15, 0.2) is 0 Å². The first kappa shape index (κ1) is 15.5. The average molecular weight is 294 g/mol. The molecule has 1 aliphatic rings. The van der Waals surface area contributed by atoms with Gasteiger partial charge in [0, 0.05) is 6.04 Å². The number of carbonyl (C=O) groups is 1. The average Bonchev–Trinajstić information content (AvgIpc) is 3.05. The van der Waals surface area contributed by atoms with Gasteiger partial charge >= 0.3 is 0 Å². The molecule has 0 bridgehead atoms. The van der Waals surface area contributed by atoms with E-state index < -0.39 is 0 Å². The molecule has 1 fully saturated rings. The monoisotopic (exact) mass is 294 g/mol. The molecule has 20 heavy (non-hydrogen) atoms. The molecule has 2 rings (SSSR count). The third kappa shape index (κ3) is 3.07. The van der Waals surface area contributed by atoms with Gasteiger partial charge in [0.2, 0.25) is 5.91 Å². The Labute approximate surface area is 126 Å². The Morgan fingerprint density at radius 3 is 2.70 bits per heavy atom. The maximum atomic E-state index is 12.6. The molecule has 4 heteroatoms. The molecular formula is C16H26N2OS. The fourth-order valence-corrected chi connectivity index (χ4v) is 3.64. The van der Waals surface area contributed by atoms with Gasteiger partial charge in [-0.15, -0.1) is 0 Å². The maximum Gasteiger partial charge on any atom is 0.241 e. The fourth-order valence-electron chi connectivity index (χ4n) is 2.96. The van der Waals surface area contributed by atoms with Crippen molar-refractivity contribution >= 4 is 17.2 Å². The van der Waals surface area contributed by atoms with Crippen molar-refractivity contribution in [2.75, 3.05) is 0 Å². The van der Waals surface area contributed by atoms with E-state index in [4.69, 9.17) is 0 Å². The van der Waals surface area contributed by atoms with Gasteiger partial charge in [-0.05, 0) is 48.1 Å². The minimum Gasteiger partial charge on any atom is -0.319 e. The summed E-state index contributed by atoms with van der Waals surface area (Å²) in [6.45, 7) is 8.74. The summed E-state index contributed by atoms with van der Waals surface area (Å²) >= 11 is 1.69. The molecule has 0 aliphatic carbocycles. The van der Waals surface area contributed by atoms with E-state index in [-0.39, 0.29) is 24.2 Å². The highest BCUT2D eigenvalue weighted by Gasteiger charge is 2.41. The molecular weight excluding hydrogens is 268 g/mol. The van der Waals surface area contributed by atoms with E-state index >= 15 is 0 Å². The Balaban J connectivity index is 2.19. The molecule has 1 aromatic heterocycles. The molecule has 1 N–H and O–H groups in total. The van der Waals surface area contributed by atoms with Crippen LogP contribution in [0.5, 0.6) is 0 Å². The number of amides is 1. The molecule has 0 saturated carbocycles. The van der Waals surface area contributed by atoms with Crippen LogP contribution in [0, 0.1) is 5.92 Å². The number of rotatable bonds is 6. The lowest BCUT2D eigenvalue weighted by molar-refractivity contribution is -0.132. The molecule has 1 saturated heterocycles. The van der Waals surface area contributed by atoms with Crippen LogP contribution in [-0.4, -0.2) is 22.9 Å². The summed E-state index contributed by atoms with van der Waals surface area (Å²) < 4.78 is 0. The number of hydrogen-bond acceptors (Lipinski definition) is 3. The van der Waals surface area contributed by atoms with Crippen LogP contribution in [-0.2, 0) is 4.79 Å². The molecule has 3 nitrogen and oxygen atoms in total. The van der Waals surface area contributed by atoms with Crippen molar-refractivity contribution in [3.8, 4) is 0 Å². The van der Waals surface area contributed by atoms with Crippen molar-refractivity contribution < 1.29 is 4.79 Å². The lowest BCUT2D eigenvalue weighted by atomic mass is 9.98. The minimum atomic E-state index is -0.0284. The van der Waals surface area contributed by atoms with Crippen molar-refractivity contribution in [2.24, 2.45) is 5.92 Å². The van der Waals surface area contributed by atoms with Crippen molar-refractivity contribution in [3.05, 3.63) is 22.4 Å². The predicted molar refractivity (Wildman–Crippen MR) is 84.7 cm³/mol. The summed E-state index contributed by atoms with van der Waals surface area (Å²) in [6.07, 6.45) is 3.14. The van der Waals surface area contributed by atoms with Crippen LogP contribution in [0.25, 0.3) is 0 Å². The second-order valence-corrected chi connectivity index (χ2v) is 6.71. The zero-order chi connectivity index (χ0) is 14.7. The van der Waals surface area contributed by atoms with E-state index in [0.717, 1.165) is 12.8 Å². The van der Waals surface area contributed by atoms with Crippen LogP contribution in [0.15, 0.2) is 16.8 Å². The van der Waals surface area contributed by atoms with E-state index in [1.165, 1.54) is 12.0 Å². The zero-order valence-corrected chi connectivity index (χ0v) is 13.7. The quantitative estimate of drug-likeness (QED) is 0.866. The third-order valence-corrected chi connectivity index (χ3v) is 5.07. The number of nitrogens with one attached hydrogen (secondary N) is 1. The number of nitrogens with zero attached hydrogens (tertiary/aromatic N) is 1. The fraction of sp³-hybridized carbons (Fsp3) is 0.688. The summed E-state index contributed by atoms with van der Waals surface area (Å²) in [7, 11) is 0. The first-order valence-electron chi connectivity index (χ1n) is 7.68. The summed E-state index contributed by atoms with van der Waals surface area (Å²) in [5, 5.41) is 7.72. The Bertz CT molecular complexity index is 432. The van der Waals surface area contributed by atoms with E-state index in [2.05, 4.69) is 54.7 Å². The standard InChI is InChI=1S/C16H26N2OS/c1-5-11(3)9-12(4)18-15(13-7-8-20-10-13)17-14(6-2)16(18)19/h7-8,10-12,14-15,17H,5-6,9H2,1-4H3. The van der Waals surface area contributed by atoms with Gasteiger partial charge < -0.3 is 4.90 Å². The molecule has 4 atom stereocenters. The van der Waals surface area contributed by atoms with Crippen molar-refractivity contribution in [1.82, 2.24) is 10.2 Å². The van der Waals surface area contributed by atoms with Gasteiger partial charge in [-0.1, -0.05) is 27.2 Å². The molecule has 0 spiro atoms. The highest BCUT2D eigenvalue weighted by atomic mass is 32.1. The summed E-state index contributed by atoms with van der Waals surface area (Å²) in [5.41, 5.74) is 1.22. The SMILES string of the molecule is CCC(C)CC(C)N1C(=O)C(CC)NC1c1ccsc1. The van der Waals surface area contributed by atoms with Gasteiger partial charge in [0.1, 0.15) is 6.17 Å².